The Labute approximate surface area is 536 Å². The molecule has 0 saturated carbocycles. The van der Waals surface area contributed by atoms with Gasteiger partial charge >= 0.3 is 0 Å². The second kappa shape index (κ2) is 21.3. The van der Waals surface area contributed by atoms with E-state index in [1.807, 2.05) is 0 Å². The van der Waals surface area contributed by atoms with Gasteiger partial charge < -0.3 is 18.9 Å². The summed E-state index contributed by atoms with van der Waals surface area (Å²) in [5.41, 5.74) is 32.8. The number of nitrogens with zero attached hydrogens (tertiary/aromatic N) is 4. The van der Waals surface area contributed by atoms with Crippen LogP contribution >= 0.6 is 0 Å². The highest BCUT2D eigenvalue weighted by molar-refractivity contribution is 7.00. The molecular weight excluding hydrogens is 1110 g/mol. The average molecular weight is 1170 g/mol. The number of hydrogen-bond donors (Lipinski definition) is 0. The molecule has 5 heteroatoms. The van der Waals surface area contributed by atoms with Crippen molar-refractivity contribution in [3.63, 3.8) is 0 Å². The number of anilines is 6. The third-order valence-corrected chi connectivity index (χ3v) is 19.5. The van der Waals surface area contributed by atoms with Crippen molar-refractivity contribution >= 4 is 101 Å². The van der Waals surface area contributed by atoms with Crippen LogP contribution in [0.1, 0.15) is 16.7 Å². The molecule has 92 heavy (non-hydrogen) atoms. The molecule has 0 unspecified atom stereocenters. The normalized spacial score (nSPS) is 12.4. The van der Waals surface area contributed by atoms with Gasteiger partial charge in [-0.05, 0) is 213 Å². The average Bonchev–Trinajstić information content (AvgIpc) is 0.744. The van der Waals surface area contributed by atoms with Crippen molar-refractivity contribution in [3.05, 3.63) is 332 Å². The lowest BCUT2D eigenvalue weighted by atomic mass is 9.33. The quantitative estimate of drug-likeness (QED) is 0.134. The van der Waals surface area contributed by atoms with Crippen LogP contribution < -0.4 is 26.2 Å². The van der Waals surface area contributed by atoms with Crippen LogP contribution in [0, 0.1) is 20.8 Å². The molecule has 2 aromatic heterocycles. The van der Waals surface area contributed by atoms with Crippen LogP contribution in [0.25, 0.3) is 111 Å². The summed E-state index contributed by atoms with van der Waals surface area (Å²) >= 11 is 0. The van der Waals surface area contributed by atoms with Crippen molar-refractivity contribution in [1.29, 1.82) is 0 Å². The first-order valence-electron chi connectivity index (χ1n) is 32.0. The predicted molar refractivity (Wildman–Crippen MR) is 391 cm³/mol. The van der Waals surface area contributed by atoms with Crippen LogP contribution in [0.3, 0.4) is 0 Å². The first-order valence-corrected chi connectivity index (χ1v) is 32.0. The summed E-state index contributed by atoms with van der Waals surface area (Å²) in [6.07, 6.45) is 0. The minimum absolute atomic E-state index is 0.246. The number of aromatic nitrogens is 2. The van der Waals surface area contributed by atoms with Gasteiger partial charge in [-0.1, -0.05) is 212 Å². The first kappa shape index (κ1) is 53.4. The standard InChI is InChI=1S/C87H61BN4/c1-56-44-57(2)86(58(3)45-56)67-52-84-87-85(53-67)92(71-50-65(61-28-12-6-13-29-61)47-66(51-71)62-30-14-7-15-31-62)83-43-41-69(90-80-38-22-18-34-74(80)75-35-19-23-39-81(75)90)55-77(83)88(87)76-54-68(89-78-36-20-16-32-72(78)73-33-17-21-37-79(73)89)40-42-82(76)91(84)70-48-63(59-24-8-4-9-25-59)46-64(49-70)60-26-10-5-11-27-60/h4-55H,1-3H3. The molecule has 0 spiro atoms. The smallest absolute Gasteiger partial charge is 0.252 e. The molecule has 432 valence electrons. The van der Waals surface area contributed by atoms with Gasteiger partial charge in [0.05, 0.1) is 22.1 Å². The van der Waals surface area contributed by atoms with Gasteiger partial charge in [0, 0.05) is 67.0 Å². The lowest BCUT2D eigenvalue weighted by Gasteiger charge is -2.45. The third-order valence-electron chi connectivity index (χ3n) is 19.5. The lowest BCUT2D eigenvalue weighted by Crippen LogP contribution is -2.61. The number of rotatable bonds is 9. The second-order valence-electron chi connectivity index (χ2n) is 25.0. The minimum atomic E-state index is -0.246. The summed E-state index contributed by atoms with van der Waals surface area (Å²) in [5.74, 6) is 0. The summed E-state index contributed by atoms with van der Waals surface area (Å²) in [7, 11) is 0. The maximum atomic E-state index is 2.62. The Morgan fingerprint density at radius 2 is 0.554 bits per heavy atom. The molecule has 0 N–H and O–H groups in total. The molecule has 4 heterocycles. The molecule has 16 aromatic rings. The number of fused-ring (bicyclic) bond motifs is 10. The predicted octanol–water partition coefficient (Wildman–Crippen LogP) is 21.2. The zero-order valence-electron chi connectivity index (χ0n) is 51.4. The highest BCUT2D eigenvalue weighted by atomic mass is 15.2. The van der Waals surface area contributed by atoms with Gasteiger partial charge in [0.15, 0.2) is 0 Å². The molecule has 18 rings (SSSR count). The Morgan fingerprint density at radius 1 is 0.239 bits per heavy atom. The van der Waals surface area contributed by atoms with Crippen LogP contribution in [-0.4, -0.2) is 15.8 Å². The Hall–Kier alpha value is -11.7. The second-order valence-corrected chi connectivity index (χ2v) is 25.0. The van der Waals surface area contributed by atoms with Crippen molar-refractivity contribution in [2.45, 2.75) is 20.8 Å². The van der Waals surface area contributed by atoms with Crippen LogP contribution in [0.5, 0.6) is 0 Å². The van der Waals surface area contributed by atoms with Crippen LogP contribution in [-0.2, 0) is 0 Å². The number of benzene rings is 14. The van der Waals surface area contributed by atoms with Crippen molar-refractivity contribution in [1.82, 2.24) is 9.13 Å². The van der Waals surface area contributed by atoms with Crippen molar-refractivity contribution < 1.29 is 0 Å². The van der Waals surface area contributed by atoms with Gasteiger partial charge in [0.1, 0.15) is 0 Å². The molecule has 0 fully saturated rings. The molecule has 0 radical (unpaired) electrons. The molecular formula is C87H61BN4. The van der Waals surface area contributed by atoms with E-state index >= 15 is 0 Å². The Morgan fingerprint density at radius 3 is 0.891 bits per heavy atom. The largest absolute Gasteiger partial charge is 0.311 e. The van der Waals surface area contributed by atoms with E-state index < -0.39 is 0 Å². The van der Waals surface area contributed by atoms with E-state index in [4.69, 9.17) is 0 Å². The monoisotopic (exact) mass is 1170 g/mol. The van der Waals surface area contributed by atoms with E-state index in [1.54, 1.807) is 0 Å². The van der Waals surface area contributed by atoms with E-state index in [1.165, 1.54) is 87.8 Å². The van der Waals surface area contributed by atoms with E-state index in [-0.39, 0.29) is 6.71 Å². The van der Waals surface area contributed by atoms with Gasteiger partial charge in [0.2, 0.25) is 0 Å². The molecule has 0 amide bonds. The molecule has 2 aliphatic heterocycles. The minimum Gasteiger partial charge on any atom is -0.311 e. The van der Waals surface area contributed by atoms with Gasteiger partial charge in [-0.2, -0.15) is 0 Å². The molecule has 2 aliphatic rings. The molecule has 4 nitrogen and oxygen atoms in total. The number of hydrogen-bond acceptors (Lipinski definition) is 2. The highest BCUT2D eigenvalue weighted by Gasteiger charge is 2.45. The fraction of sp³-hybridized carbons (Fsp3) is 0.0345. The molecule has 0 atom stereocenters. The summed E-state index contributed by atoms with van der Waals surface area (Å²) < 4.78 is 4.98. The van der Waals surface area contributed by atoms with E-state index in [2.05, 4.69) is 355 Å². The van der Waals surface area contributed by atoms with E-state index in [0.717, 1.165) is 90.0 Å². The number of para-hydroxylation sites is 4. The van der Waals surface area contributed by atoms with Crippen LogP contribution in [0.2, 0.25) is 0 Å². The Balaban J connectivity index is 1.01. The van der Waals surface area contributed by atoms with Crippen LogP contribution in [0.15, 0.2) is 315 Å². The van der Waals surface area contributed by atoms with Crippen molar-refractivity contribution in [3.8, 4) is 67.0 Å². The van der Waals surface area contributed by atoms with Gasteiger partial charge in [-0.3, -0.25) is 0 Å². The van der Waals surface area contributed by atoms with E-state index in [0.29, 0.717) is 0 Å². The zero-order valence-corrected chi connectivity index (χ0v) is 51.4. The lowest BCUT2D eigenvalue weighted by molar-refractivity contribution is 1.17. The number of aryl methyl sites for hydroxylation is 3. The van der Waals surface area contributed by atoms with Gasteiger partial charge in [0.25, 0.3) is 6.71 Å². The summed E-state index contributed by atoms with van der Waals surface area (Å²) in [5, 5.41) is 4.94. The molecule has 0 bridgehead atoms. The maximum Gasteiger partial charge on any atom is 0.252 e. The van der Waals surface area contributed by atoms with Crippen LogP contribution in [0.4, 0.5) is 34.1 Å². The van der Waals surface area contributed by atoms with Gasteiger partial charge in [-0.15, -0.1) is 0 Å². The third kappa shape index (κ3) is 8.53. The van der Waals surface area contributed by atoms with Crippen molar-refractivity contribution in [2.75, 3.05) is 9.80 Å². The van der Waals surface area contributed by atoms with Gasteiger partial charge in [-0.25, -0.2) is 0 Å². The zero-order chi connectivity index (χ0) is 61.1. The SMILES string of the molecule is Cc1cc(C)c(-c2cc3c4c(c2)N(c2cc(-c5ccccc5)cc(-c5ccccc5)c2)c2ccc(-n5c6ccccc6c6ccccc65)cc2B4c2cc(-n4c5ccccc5c5ccccc54)ccc2N3c2cc(-c3ccccc3)cc(-c3ccccc3)c2)c(C)c1. The Kier molecular flexibility index (Phi) is 12.3. The highest BCUT2D eigenvalue weighted by Crippen LogP contribution is 2.50. The Bertz CT molecular complexity index is 5070. The van der Waals surface area contributed by atoms with E-state index in [9.17, 15) is 0 Å². The molecule has 0 saturated heterocycles. The molecule has 14 aromatic carbocycles. The molecule has 0 aliphatic carbocycles. The topological polar surface area (TPSA) is 16.3 Å². The fourth-order valence-corrected chi connectivity index (χ4v) is 15.7. The summed E-state index contributed by atoms with van der Waals surface area (Å²) in [6, 6.07) is 118. The summed E-state index contributed by atoms with van der Waals surface area (Å²) in [4.78, 5) is 5.24. The fourth-order valence-electron chi connectivity index (χ4n) is 15.7. The first-order chi connectivity index (χ1) is 45.4. The summed E-state index contributed by atoms with van der Waals surface area (Å²) in [6.45, 7) is 6.56. The maximum absolute atomic E-state index is 2.62. The van der Waals surface area contributed by atoms with Crippen molar-refractivity contribution in [2.24, 2.45) is 0 Å².